The van der Waals surface area contributed by atoms with E-state index < -0.39 is 0 Å². The Kier molecular flexibility index (Phi) is 13.3. The van der Waals surface area contributed by atoms with Crippen LogP contribution < -0.4 is 5.73 Å². The Morgan fingerprint density at radius 3 is 1.81 bits per heavy atom. The van der Waals surface area contributed by atoms with Gasteiger partial charge in [-0.1, -0.05) is 90.4 Å². The van der Waals surface area contributed by atoms with Gasteiger partial charge in [0, 0.05) is 4.88 Å². The number of rotatable bonds is 16. The van der Waals surface area contributed by atoms with Crippen molar-refractivity contribution >= 4 is 22.3 Å². The van der Waals surface area contributed by atoms with Crippen LogP contribution in [0.1, 0.15) is 112 Å². The van der Waals surface area contributed by atoms with Crippen LogP contribution in [-0.4, -0.2) is 13.1 Å². The van der Waals surface area contributed by atoms with Gasteiger partial charge in [0.25, 0.3) is 0 Å². The van der Waals surface area contributed by atoms with Gasteiger partial charge in [0.1, 0.15) is 5.00 Å². The second-order valence-corrected chi connectivity index (χ2v) is 8.50. The fourth-order valence-electron chi connectivity index (χ4n) is 3.34. The number of anilines is 1. The molecule has 0 radical (unpaired) electrons. The van der Waals surface area contributed by atoms with Crippen molar-refractivity contribution < 1.29 is 9.53 Å². The summed E-state index contributed by atoms with van der Waals surface area (Å²) in [5.74, 6) is -0.328. The van der Waals surface area contributed by atoms with Gasteiger partial charge in [0.05, 0.1) is 12.7 Å². The number of methoxy groups -OCH3 is 1. The Labute approximate surface area is 164 Å². The molecule has 0 spiro atoms. The Bertz CT molecular complexity index is 484. The molecule has 0 amide bonds. The molecule has 26 heavy (non-hydrogen) atoms. The van der Waals surface area contributed by atoms with E-state index in [-0.39, 0.29) is 5.97 Å². The van der Waals surface area contributed by atoms with Crippen molar-refractivity contribution in [3.63, 3.8) is 0 Å². The Morgan fingerprint density at radius 1 is 0.885 bits per heavy atom. The highest BCUT2D eigenvalue weighted by Gasteiger charge is 2.13. The molecule has 1 aromatic heterocycles. The van der Waals surface area contributed by atoms with Gasteiger partial charge in [0.15, 0.2) is 0 Å². The molecule has 2 N–H and O–H groups in total. The quantitative estimate of drug-likeness (QED) is 0.244. The molecular formula is C22H39NO2S. The van der Waals surface area contributed by atoms with Crippen LogP contribution in [0.3, 0.4) is 0 Å². The normalized spacial score (nSPS) is 11.0. The Morgan fingerprint density at radius 2 is 1.35 bits per heavy atom. The highest BCUT2D eigenvalue weighted by atomic mass is 32.1. The molecule has 0 saturated heterocycles. The number of thiophene rings is 1. The largest absolute Gasteiger partial charge is 0.465 e. The molecular weight excluding hydrogens is 342 g/mol. The van der Waals surface area contributed by atoms with Crippen LogP contribution in [0.4, 0.5) is 5.00 Å². The number of aryl methyl sites for hydroxylation is 1. The highest BCUT2D eigenvalue weighted by Crippen LogP contribution is 2.27. The van der Waals surface area contributed by atoms with Crippen LogP contribution in [0.2, 0.25) is 0 Å². The van der Waals surface area contributed by atoms with Crippen molar-refractivity contribution in [2.45, 2.75) is 103 Å². The first-order chi connectivity index (χ1) is 12.7. The molecule has 0 aliphatic carbocycles. The summed E-state index contributed by atoms with van der Waals surface area (Å²) in [5, 5.41) is 0.581. The minimum absolute atomic E-state index is 0.328. The SMILES string of the molecule is CCCCCCCCCCCCCCCCc1cc(C(=O)OC)c(N)s1. The third-order valence-corrected chi connectivity index (χ3v) is 6.02. The molecule has 1 heterocycles. The predicted molar refractivity (Wildman–Crippen MR) is 114 cm³/mol. The lowest BCUT2D eigenvalue weighted by molar-refractivity contribution is 0.0602. The fraction of sp³-hybridized carbons (Fsp3) is 0.773. The van der Waals surface area contributed by atoms with Gasteiger partial charge in [-0.2, -0.15) is 0 Å². The summed E-state index contributed by atoms with van der Waals surface area (Å²) in [6.07, 6.45) is 20.3. The number of carbonyl (C=O) groups excluding carboxylic acids is 1. The lowest BCUT2D eigenvalue weighted by Gasteiger charge is -2.03. The minimum Gasteiger partial charge on any atom is -0.465 e. The molecule has 0 saturated carbocycles. The number of ether oxygens (including phenoxy) is 1. The zero-order valence-electron chi connectivity index (χ0n) is 17.0. The highest BCUT2D eigenvalue weighted by molar-refractivity contribution is 7.16. The van der Waals surface area contributed by atoms with Crippen molar-refractivity contribution in [3.8, 4) is 0 Å². The molecule has 0 aliphatic heterocycles. The number of carbonyl (C=O) groups is 1. The van der Waals surface area contributed by atoms with Gasteiger partial charge in [-0.05, 0) is 18.9 Å². The zero-order valence-corrected chi connectivity index (χ0v) is 17.8. The monoisotopic (exact) mass is 381 g/mol. The summed E-state index contributed by atoms with van der Waals surface area (Å²) in [5.41, 5.74) is 6.41. The van der Waals surface area contributed by atoms with Crippen LogP contribution in [0, 0.1) is 0 Å². The van der Waals surface area contributed by atoms with Gasteiger partial charge in [-0.25, -0.2) is 4.79 Å². The first-order valence-corrected chi connectivity index (χ1v) is 11.5. The lowest BCUT2D eigenvalue weighted by Crippen LogP contribution is -2.01. The van der Waals surface area contributed by atoms with Crippen LogP contribution in [-0.2, 0) is 11.2 Å². The molecule has 0 aromatic carbocycles. The topological polar surface area (TPSA) is 52.3 Å². The second-order valence-electron chi connectivity index (χ2n) is 7.33. The van der Waals surface area contributed by atoms with Crippen LogP contribution in [0.5, 0.6) is 0 Å². The average Bonchev–Trinajstić information content (AvgIpc) is 3.02. The Balaban J connectivity index is 1.91. The van der Waals surface area contributed by atoms with Gasteiger partial charge >= 0.3 is 5.97 Å². The van der Waals surface area contributed by atoms with E-state index in [4.69, 9.17) is 10.5 Å². The van der Waals surface area contributed by atoms with E-state index in [0.29, 0.717) is 10.6 Å². The van der Waals surface area contributed by atoms with Gasteiger partial charge in [0.2, 0.25) is 0 Å². The first-order valence-electron chi connectivity index (χ1n) is 10.7. The van der Waals surface area contributed by atoms with Crippen molar-refractivity contribution in [2.75, 3.05) is 12.8 Å². The van der Waals surface area contributed by atoms with Crippen LogP contribution in [0.15, 0.2) is 6.07 Å². The van der Waals surface area contributed by atoms with Gasteiger partial charge in [-0.15, -0.1) is 11.3 Å². The summed E-state index contributed by atoms with van der Waals surface area (Å²) in [7, 11) is 1.40. The molecule has 150 valence electrons. The first kappa shape index (κ1) is 23.0. The van der Waals surface area contributed by atoms with Crippen molar-refractivity contribution in [2.24, 2.45) is 0 Å². The third kappa shape index (κ3) is 10.2. The van der Waals surface area contributed by atoms with E-state index in [0.717, 1.165) is 6.42 Å². The van der Waals surface area contributed by atoms with E-state index in [9.17, 15) is 4.79 Å². The number of nitrogens with two attached hydrogens (primary N) is 1. The Hall–Kier alpha value is -1.03. The maximum Gasteiger partial charge on any atom is 0.340 e. The van der Waals surface area contributed by atoms with Crippen LogP contribution in [0.25, 0.3) is 0 Å². The summed E-state index contributed by atoms with van der Waals surface area (Å²) < 4.78 is 4.74. The molecule has 0 aliphatic rings. The van der Waals surface area contributed by atoms with Crippen LogP contribution >= 0.6 is 11.3 Å². The van der Waals surface area contributed by atoms with E-state index in [1.165, 1.54) is 113 Å². The third-order valence-electron chi connectivity index (χ3n) is 4.99. The van der Waals surface area contributed by atoms with Gasteiger partial charge < -0.3 is 10.5 Å². The molecule has 0 bridgehead atoms. The van der Waals surface area contributed by atoms with Gasteiger partial charge in [-0.3, -0.25) is 0 Å². The predicted octanol–water partition coefficient (Wildman–Crippen LogP) is 7.14. The standard InChI is InChI=1S/C22H39NO2S/c1-3-4-5-6-7-8-9-10-11-12-13-14-15-16-17-19-18-20(21(23)26-19)22(24)25-2/h18H,3-17,23H2,1-2H3. The molecule has 0 fully saturated rings. The van der Waals surface area contributed by atoms with Crippen molar-refractivity contribution in [1.29, 1.82) is 0 Å². The molecule has 4 heteroatoms. The second kappa shape index (κ2) is 15.1. The molecule has 1 aromatic rings. The molecule has 3 nitrogen and oxygen atoms in total. The van der Waals surface area contributed by atoms with Crippen molar-refractivity contribution in [3.05, 3.63) is 16.5 Å². The molecule has 0 atom stereocenters. The van der Waals surface area contributed by atoms with E-state index in [2.05, 4.69) is 6.92 Å². The number of hydrogen-bond donors (Lipinski definition) is 1. The average molecular weight is 382 g/mol. The number of unbranched alkanes of at least 4 members (excludes halogenated alkanes) is 13. The maximum atomic E-state index is 11.6. The molecule has 0 unspecified atom stereocenters. The number of esters is 1. The summed E-state index contributed by atoms with van der Waals surface area (Å²) in [4.78, 5) is 12.7. The fourth-order valence-corrected chi connectivity index (χ4v) is 4.30. The maximum absolute atomic E-state index is 11.6. The smallest absolute Gasteiger partial charge is 0.340 e. The number of hydrogen-bond acceptors (Lipinski definition) is 4. The minimum atomic E-state index is -0.328. The van der Waals surface area contributed by atoms with E-state index in [1.807, 2.05) is 6.07 Å². The zero-order chi connectivity index (χ0) is 19.0. The summed E-state index contributed by atoms with van der Waals surface area (Å²) in [6, 6.07) is 1.90. The summed E-state index contributed by atoms with van der Waals surface area (Å²) >= 11 is 1.52. The van der Waals surface area contributed by atoms with E-state index >= 15 is 0 Å². The number of nitrogen functional groups attached to an aromatic ring is 1. The van der Waals surface area contributed by atoms with Crippen molar-refractivity contribution in [1.82, 2.24) is 0 Å². The lowest BCUT2D eigenvalue weighted by atomic mass is 10.0. The molecule has 1 rings (SSSR count). The van der Waals surface area contributed by atoms with E-state index in [1.54, 1.807) is 0 Å². The summed E-state index contributed by atoms with van der Waals surface area (Å²) in [6.45, 7) is 2.28.